The second-order valence-electron chi connectivity index (χ2n) is 4.86. The van der Waals surface area contributed by atoms with E-state index in [1.54, 1.807) is 7.11 Å². The first-order valence-electron chi connectivity index (χ1n) is 6.57. The minimum Gasteiger partial charge on any atom is -0.481 e. The summed E-state index contributed by atoms with van der Waals surface area (Å²) in [6, 6.07) is 6.51. The predicted octanol–water partition coefficient (Wildman–Crippen LogP) is 1.59. The van der Waals surface area contributed by atoms with Gasteiger partial charge >= 0.3 is 0 Å². The van der Waals surface area contributed by atoms with E-state index < -0.39 is 0 Å². The van der Waals surface area contributed by atoms with Crippen molar-refractivity contribution in [3.05, 3.63) is 42.1 Å². The van der Waals surface area contributed by atoms with Crippen molar-refractivity contribution in [2.75, 3.05) is 7.11 Å². The number of hydrogen-bond donors (Lipinski definition) is 1. The zero-order valence-corrected chi connectivity index (χ0v) is 11.0. The molecule has 1 N–H and O–H groups in total. The Labute approximate surface area is 112 Å². The van der Waals surface area contributed by atoms with Gasteiger partial charge in [0.15, 0.2) is 0 Å². The summed E-state index contributed by atoms with van der Waals surface area (Å²) in [6.45, 7) is 1.57. The molecule has 0 saturated heterocycles. The van der Waals surface area contributed by atoms with Crippen molar-refractivity contribution in [2.45, 2.75) is 32.0 Å². The van der Waals surface area contributed by atoms with E-state index in [4.69, 9.17) is 4.74 Å². The molecular formula is C14H18N4O. The molecule has 0 radical (unpaired) electrons. The lowest BCUT2D eigenvalue weighted by Gasteiger charge is -2.04. The monoisotopic (exact) mass is 258 g/mol. The smallest absolute Gasteiger partial charge is 0.213 e. The second-order valence-corrected chi connectivity index (χ2v) is 4.86. The van der Waals surface area contributed by atoms with E-state index in [0.717, 1.165) is 17.9 Å². The van der Waals surface area contributed by atoms with Crippen LogP contribution in [0.4, 0.5) is 0 Å². The highest BCUT2D eigenvalue weighted by Crippen LogP contribution is 2.19. The largest absolute Gasteiger partial charge is 0.481 e. The Bertz CT molecular complexity index is 548. The quantitative estimate of drug-likeness (QED) is 0.855. The summed E-state index contributed by atoms with van der Waals surface area (Å²) < 4.78 is 7.17. The van der Waals surface area contributed by atoms with E-state index >= 15 is 0 Å². The Kier molecular flexibility index (Phi) is 3.46. The number of nitrogens with zero attached hydrogens (tertiary/aromatic N) is 3. The van der Waals surface area contributed by atoms with Gasteiger partial charge in [0.1, 0.15) is 0 Å². The Morgan fingerprint density at radius 1 is 1.37 bits per heavy atom. The number of hydrogen-bond acceptors (Lipinski definition) is 4. The van der Waals surface area contributed by atoms with Gasteiger partial charge in [-0.25, -0.2) is 9.97 Å². The van der Waals surface area contributed by atoms with Crippen molar-refractivity contribution >= 4 is 0 Å². The fourth-order valence-corrected chi connectivity index (χ4v) is 1.97. The molecule has 0 aliphatic heterocycles. The molecule has 3 rings (SSSR count). The first-order chi connectivity index (χ1) is 9.33. The van der Waals surface area contributed by atoms with Gasteiger partial charge in [0.05, 0.1) is 31.4 Å². The summed E-state index contributed by atoms with van der Waals surface area (Å²) in [5, 5.41) is 3.46. The Balaban J connectivity index is 1.61. The SMILES string of the molecule is COc1cccc(Cn2cnc(CNC3CC3)c2)n1. The average Bonchev–Trinajstić information content (AvgIpc) is 3.17. The summed E-state index contributed by atoms with van der Waals surface area (Å²) in [5.74, 6) is 0.647. The van der Waals surface area contributed by atoms with Crippen LogP contribution in [0.3, 0.4) is 0 Å². The first-order valence-corrected chi connectivity index (χ1v) is 6.57. The summed E-state index contributed by atoms with van der Waals surface area (Å²) >= 11 is 0. The molecule has 0 bridgehead atoms. The van der Waals surface area contributed by atoms with Crippen molar-refractivity contribution in [3.8, 4) is 5.88 Å². The molecule has 0 atom stereocenters. The third-order valence-corrected chi connectivity index (χ3v) is 3.17. The molecular weight excluding hydrogens is 240 g/mol. The highest BCUT2D eigenvalue weighted by atomic mass is 16.5. The summed E-state index contributed by atoms with van der Waals surface area (Å²) in [6.07, 6.45) is 6.52. The van der Waals surface area contributed by atoms with E-state index in [9.17, 15) is 0 Å². The van der Waals surface area contributed by atoms with Gasteiger partial charge in [-0.1, -0.05) is 6.07 Å². The van der Waals surface area contributed by atoms with Gasteiger partial charge in [-0.15, -0.1) is 0 Å². The molecule has 1 aliphatic rings. The van der Waals surface area contributed by atoms with Gasteiger partial charge in [0.25, 0.3) is 0 Å². The van der Waals surface area contributed by atoms with Gasteiger partial charge in [-0.05, 0) is 18.9 Å². The lowest BCUT2D eigenvalue weighted by Crippen LogP contribution is -2.15. The van der Waals surface area contributed by atoms with Gasteiger partial charge in [-0.2, -0.15) is 0 Å². The summed E-state index contributed by atoms with van der Waals surface area (Å²) in [4.78, 5) is 8.79. The van der Waals surface area contributed by atoms with Crippen LogP contribution < -0.4 is 10.1 Å². The van der Waals surface area contributed by atoms with Crippen molar-refractivity contribution in [3.63, 3.8) is 0 Å². The number of imidazole rings is 1. The molecule has 0 amide bonds. The predicted molar refractivity (Wildman–Crippen MR) is 72.0 cm³/mol. The number of pyridine rings is 1. The van der Waals surface area contributed by atoms with E-state index in [1.807, 2.05) is 29.1 Å². The third-order valence-electron chi connectivity index (χ3n) is 3.17. The molecule has 1 fully saturated rings. The van der Waals surface area contributed by atoms with Crippen LogP contribution >= 0.6 is 0 Å². The molecule has 100 valence electrons. The van der Waals surface area contributed by atoms with Crippen molar-refractivity contribution in [2.24, 2.45) is 0 Å². The van der Waals surface area contributed by atoms with Crippen LogP contribution in [0.25, 0.3) is 0 Å². The van der Waals surface area contributed by atoms with E-state index in [-0.39, 0.29) is 0 Å². The Morgan fingerprint density at radius 3 is 3.05 bits per heavy atom. The summed E-state index contributed by atoms with van der Waals surface area (Å²) in [7, 11) is 1.63. The minimum atomic E-state index is 0.647. The Hall–Kier alpha value is -1.88. The molecule has 2 aromatic rings. The normalized spacial score (nSPS) is 14.6. The van der Waals surface area contributed by atoms with Gasteiger partial charge in [0, 0.05) is 24.8 Å². The molecule has 5 nitrogen and oxygen atoms in total. The van der Waals surface area contributed by atoms with Crippen LogP contribution in [0.2, 0.25) is 0 Å². The fraction of sp³-hybridized carbons (Fsp3) is 0.429. The number of aromatic nitrogens is 3. The van der Waals surface area contributed by atoms with Crippen molar-refractivity contribution in [1.29, 1.82) is 0 Å². The van der Waals surface area contributed by atoms with Crippen LogP contribution in [0.5, 0.6) is 5.88 Å². The molecule has 2 aromatic heterocycles. The highest BCUT2D eigenvalue weighted by molar-refractivity contribution is 5.16. The third kappa shape index (κ3) is 3.32. The van der Waals surface area contributed by atoms with Crippen molar-refractivity contribution in [1.82, 2.24) is 19.9 Å². The molecule has 1 aliphatic carbocycles. The van der Waals surface area contributed by atoms with Crippen LogP contribution in [0, 0.1) is 0 Å². The molecule has 5 heteroatoms. The van der Waals surface area contributed by atoms with Crippen LogP contribution in [-0.4, -0.2) is 27.7 Å². The molecule has 0 unspecified atom stereocenters. The molecule has 0 aromatic carbocycles. The van der Waals surface area contributed by atoms with E-state index in [2.05, 4.69) is 21.5 Å². The molecule has 0 spiro atoms. The summed E-state index contributed by atoms with van der Waals surface area (Å²) in [5.41, 5.74) is 2.05. The Morgan fingerprint density at radius 2 is 2.26 bits per heavy atom. The maximum absolute atomic E-state index is 5.12. The lowest BCUT2D eigenvalue weighted by molar-refractivity contribution is 0.396. The van der Waals surface area contributed by atoms with Crippen molar-refractivity contribution < 1.29 is 4.74 Å². The standard InChI is InChI=1S/C14H18N4O/c1-19-14-4-2-3-12(17-14)8-18-9-13(16-10-18)7-15-11-5-6-11/h2-4,9-11,15H,5-8H2,1H3. The van der Waals surface area contributed by atoms with Crippen LogP contribution in [0.15, 0.2) is 30.7 Å². The first kappa shape index (κ1) is 12.2. The van der Waals surface area contributed by atoms with Gasteiger partial charge < -0.3 is 14.6 Å². The van der Waals surface area contributed by atoms with Crippen LogP contribution in [-0.2, 0) is 13.1 Å². The average molecular weight is 258 g/mol. The number of ether oxygens (including phenoxy) is 1. The zero-order chi connectivity index (χ0) is 13.1. The molecule has 19 heavy (non-hydrogen) atoms. The maximum atomic E-state index is 5.12. The zero-order valence-electron chi connectivity index (χ0n) is 11.0. The number of nitrogens with one attached hydrogen (secondary N) is 1. The lowest BCUT2D eigenvalue weighted by atomic mass is 10.3. The number of methoxy groups -OCH3 is 1. The van der Waals surface area contributed by atoms with Gasteiger partial charge in [0.2, 0.25) is 5.88 Å². The topological polar surface area (TPSA) is 52.0 Å². The molecule has 2 heterocycles. The minimum absolute atomic E-state index is 0.647. The van der Waals surface area contributed by atoms with Crippen LogP contribution in [0.1, 0.15) is 24.2 Å². The molecule has 1 saturated carbocycles. The maximum Gasteiger partial charge on any atom is 0.213 e. The van der Waals surface area contributed by atoms with E-state index in [0.29, 0.717) is 18.5 Å². The fourth-order valence-electron chi connectivity index (χ4n) is 1.97. The second kappa shape index (κ2) is 5.40. The van der Waals surface area contributed by atoms with Gasteiger partial charge in [-0.3, -0.25) is 0 Å². The van der Waals surface area contributed by atoms with E-state index in [1.165, 1.54) is 12.8 Å². The highest BCUT2D eigenvalue weighted by Gasteiger charge is 2.20. The number of rotatable bonds is 6.